The fourth-order valence-corrected chi connectivity index (χ4v) is 3.40. The molecule has 2 heterocycles. The second kappa shape index (κ2) is 6.61. The fraction of sp³-hybridized carbons (Fsp3) is 0.222. The second-order valence-corrected chi connectivity index (χ2v) is 6.98. The standard InChI is InChI=1S/C18H14Cl2F2N4/c19-12-2-4-14(16(21)15(12)20)26-17-11-7-10(18(22)5-6-23-8-18)1-3-13(11)24-9-25-17/h1-4,7,9,23H,5-6,8H2,(H,24,25,26)/t18-/m1/s1. The Morgan fingerprint density at radius 3 is 2.77 bits per heavy atom. The molecule has 1 atom stereocenters. The molecule has 2 aromatic carbocycles. The van der Waals surface area contributed by atoms with Crippen molar-refractivity contribution < 1.29 is 8.78 Å². The minimum atomic E-state index is -1.43. The van der Waals surface area contributed by atoms with Gasteiger partial charge in [-0.2, -0.15) is 0 Å². The molecule has 0 aliphatic carbocycles. The van der Waals surface area contributed by atoms with Gasteiger partial charge in [-0.1, -0.05) is 29.3 Å². The molecule has 1 aliphatic heterocycles. The van der Waals surface area contributed by atoms with Crippen molar-refractivity contribution in [1.82, 2.24) is 15.3 Å². The molecule has 26 heavy (non-hydrogen) atoms. The number of nitrogens with one attached hydrogen (secondary N) is 2. The lowest BCUT2D eigenvalue weighted by Gasteiger charge is -2.19. The molecule has 0 amide bonds. The van der Waals surface area contributed by atoms with Crippen molar-refractivity contribution in [2.24, 2.45) is 0 Å². The van der Waals surface area contributed by atoms with Crippen molar-refractivity contribution in [1.29, 1.82) is 0 Å². The number of halogens is 4. The molecular weight excluding hydrogens is 381 g/mol. The molecule has 0 radical (unpaired) electrons. The zero-order valence-electron chi connectivity index (χ0n) is 13.5. The van der Waals surface area contributed by atoms with E-state index in [2.05, 4.69) is 20.6 Å². The highest BCUT2D eigenvalue weighted by atomic mass is 35.5. The van der Waals surface area contributed by atoms with Crippen LogP contribution in [0.5, 0.6) is 0 Å². The summed E-state index contributed by atoms with van der Waals surface area (Å²) in [6.07, 6.45) is 1.76. The summed E-state index contributed by atoms with van der Waals surface area (Å²) in [5, 5.41) is 6.49. The van der Waals surface area contributed by atoms with E-state index in [1.165, 1.54) is 18.5 Å². The maximum atomic E-state index is 15.1. The Morgan fingerprint density at radius 1 is 1.15 bits per heavy atom. The molecule has 134 valence electrons. The summed E-state index contributed by atoms with van der Waals surface area (Å²) < 4.78 is 29.4. The summed E-state index contributed by atoms with van der Waals surface area (Å²) >= 11 is 11.7. The molecule has 1 aromatic heterocycles. The number of hydrogen-bond donors (Lipinski definition) is 2. The van der Waals surface area contributed by atoms with Gasteiger partial charge in [-0.3, -0.25) is 0 Å². The first kappa shape index (κ1) is 17.4. The van der Waals surface area contributed by atoms with Gasteiger partial charge in [0.2, 0.25) is 0 Å². The Hall–Kier alpha value is -2.02. The highest BCUT2D eigenvalue weighted by molar-refractivity contribution is 6.42. The lowest BCUT2D eigenvalue weighted by atomic mass is 9.94. The molecule has 4 nitrogen and oxygen atoms in total. The van der Waals surface area contributed by atoms with Crippen LogP contribution in [0.1, 0.15) is 12.0 Å². The quantitative estimate of drug-likeness (QED) is 0.615. The molecule has 3 aromatic rings. The third-order valence-electron chi connectivity index (χ3n) is 4.54. The third kappa shape index (κ3) is 2.98. The number of alkyl halides is 1. The molecule has 1 aliphatic rings. The summed E-state index contributed by atoms with van der Waals surface area (Å²) in [6.45, 7) is 0.885. The van der Waals surface area contributed by atoms with Crippen molar-refractivity contribution >= 4 is 45.6 Å². The minimum Gasteiger partial charge on any atom is -0.337 e. The van der Waals surface area contributed by atoms with E-state index >= 15 is 4.39 Å². The van der Waals surface area contributed by atoms with E-state index in [-0.39, 0.29) is 22.3 Å². The highest BCUT2D eigenvalue weighted by Crippen LogP contribution is 2.36. The first-order valence-corrected chi connectivity index (χ1v) is 8.79. The van der Waals surface area contributed by atoms with Crippen LogP contribution in [-0.2, 0) is 5.67 Å². The van der Waals surface area contributed by atoms with Gasteiger partial charge in [-0.05, 0) is 42.8 Å². The van der Waals surface area contributed by atoms with E-state index in [4.69, 9.17) is 23.2 Å². The Labute approximate surface area is 158 Å². The van der Waals surface area contributed by atoms with Crippen molar-refractivity contribution in [3.8, 4) is 0 Å². The molecule has 8 heteroatoms. The Balaban J connectivity index is 1.79. The number of hydrogen-bond acceptors (Lipinski definition) is 4. The largest absolute Gasteiger partial charge is 0.337 e. The average Bonchev–Trinajstić information content (AvgIpc) is 3.10. The number of anilines is 2. The first-order chi connectivity index (χ1) is 12.5. The number of fused-ring (bicyclic) bond motifs is 1. The summed E-state index contributed by atoms with van der Waals surface area (Å²) in [5.74, 6) is -0.312. The van der Waals surface area contributed by atoms with Crippen LogP contribution >= 0.6 is 23.2 Å². The number of nitrogens with zero attached hydrogens (tertiary/aromatic N) is 2. The number of aromatic nitrogens is 2. The molecule has 0 unspecified atom stereocenters. The zero-order valence-corrected chi connectivity index (χ0v) is 15.0. The van der Waals surface area contributed by atoms with E-state index in [1.54, 1.807) is 18.2 Å². The molecule has 0 bridgehead atoms. The van der Waals surface area contributed by atoms with E-state index < -0.39 is 11.5 Å². The van der Waals surface area contributed by atoms with E-state index in [0.717, 1.165) is 0 Å². The van der Waals surface area contributed by atoms with Crippen LogP contribution in [-0.4, -0.2) is 23.1 Å². The molecule has 1 saturated heterocycles. The number of rotatable bonds is 3. The smallest absolute Gasteiger partial charge is 0.166 e. The summed E-state index contributed by atoms with van der Waals surface area (Å²) in [7, 11) is 0. The maximum Gasteiger partial charge on any atom is 0.166 e. The van der Waals surface area contributed by atoms with Gasteiger partial charge in [0.1, 0.15) is 17.8 Å². The zero-order chi connectivity index (χ0) is 18.3. The van der Waals surface area contributed by atoms with Crippen LogP contribution in [0.3, 0.4) is 0 Å². The predicted octanol–water partition coefficient (Wildman–Crippen LogP) is 4.98. The molecule has 1 fully saturated rings. The van der Waals surface area contributed by atoms with Gasteiger partial charge < -0.3 is 10.6 Å². The van der Waals surface area contributed by atoms with Crippen molar-refractivity contribution in [3.63, 3.8) is 0 Å². The molecule has 0 saturated carbocycles. The van der Waals surface area contributed by atoms with Gasteiger partial charge in [0.25, 0.3) is 0 Å². The van der Waals surface area contributed by atoms with Crippen LogP contribution < -0.4 is 10.6 Å². The van der Waals surface area contributed by atoms with Crippen LogP contribution in [0.25, 0.3) is 10.9 Å². The van der Waals surface area contributed by atoms with Crippen LogP contribution in [0, 0.1) is 5.82 Å². The first-order valence-electron chi connectivity index (χ1n) is 8.03. The topological polar surface area (TPSA) is 49.8 Å². The minimum absolute atomic E-state index is 0.123. The average molecular weight is 395 g/mol. The van der Waals surface area contributed by atoms with E-state index in [1.807, 2.05) is 0 Å². The SMILES string of the molecule is Fc1c(Nc2ncnc3ccc([C@@]4(F)CCNC4)cc23)ccc(Cl)c1Cl. The van der Waals surface area contributed by atoms with Crippen molar-refractivity contribution in [3.05, 3.63) is 58.1 Å². The van der Waals surface area contributed by atoms with Gasteiger partial charge in [0, 0.05) is 11.9 Å². The van der Waals surface area contributed by atoms with Crippen LogP contribution in [0.4, 0.5) is 20.3 Å². The van der Waals surface area contributed by atoms with Crippen LogP contribution in [0.2, 0.25) is 10.0 Å². The molecule has 4 rings (SSSR count). The highest BCUT2D eigenvalue weighted by Gasteiger charge is 2.35. The third-order valence-corrected chi connectivity index (χ3v) is 5.33. The Morgan fingerprint density at radius 2 is 2.00 bits per heavy atom. The maximum absolute atomic E-state index is 15.1. The fourth-order valence-electron chi connectivity index (χ4n) is 3.09. The van der Waals surface area contributed by atoms with Gasteiger partial charge in [-0.25, -0.2) is 18.7 Å². The lowest BCUT2D eigenvalue weighted by molar-refractivity contribution is 0.193. The second-order valence-electron chi connectivity index (χ2n) is 6.19. The van der Waals surface area contributed by atoms with Gasteiger partial charge in [0.15, 0.2) is 5.82 Å². The van der Waals surface area contributed by atoms with Gasteiger partial charge in [0.05, 0.1) is 21.2 Å². The van der Waals surface area contributed by atoms with Crippen LogP contribution in [0.15, 0.2) is 36.7 Å². The van der Waals surface area contributed by atoms with Gasteiger partial charge in [-0.15, -0.1) is 0 Å². The lowest BCUT2D eigenvalue weighted by Crippen LogP contribution is -2.23. The van der Waals surface area contributed by atoms with E-state index in [0.29, 0.717) is 35.2 Å². The summed E-state index contributed by atoms with van der Waals surface area (Å²) in [4.78, 5) is 8.38. The summed E-state index contributed by atoms with van der Waals surface area (Å²) in [5.41, 5.74) is -0.137. The Kier molecular flexibility index (Phi) is 4.42. The van der Waals surface area contributed by atoms with E-state index in [9.17, 15) is 4.39 Å². The van der Waals surface area contributed by atoms with Gasteiger partial charge >= 0.3 is 0 Å². The molecule has 2 N–H and O–H groups in total. The normalized spacial score (nSPS) is 19.8. The predicted molar refractivity (Wildman–Crippen MR) is 99.5 cm³/mol. The monoisotopic (exact) mass is 394 g/mol. The number of benzene rings is 2. The van der Waals surface area contributed by atoms with Crippen molar-refractivity contribution in [2.45, 2.75) is 12.1 Å². The Bertz CT molecular complexity index is 990. The van der Waals surface area contributed by atoms with Crippen molar-refractivity contribution in [2.75, 3.05) is 18.4 Å². The summed E-state index contributed by atoms with van der Waals surface area (Å²) in [6, 6.07) is 8.14. The molecule has 0 spiro atoms. The molecular formula is C18H14Cl2F2N4.